The average Bonchev–Trinajstić information content (AvgIpc) is 3.15. The quantitative estimate of drug-likeness (QED) is 0.438. The summed E-state index contributed by atoms with van der Waals surface area (Å²) >= 11 is 0. The third kappa shape index (κ3) is 3.22. The normalized spacial score (nSPS) is 36.3. The summed E-state index contributed by atoms with van der Waals surface area (Å²) in [7, 11) is 1.74. The lowest BCUT2D eigenvalue weighted by Crippen LogP contribution is -2.46. The van der Waals surface area contributed by atoms with Crippen molar-refractivity contribution in [3.63, 3.8) is 0 Å². The van der Waals surface area contributed by atoms with Gasteiger partial charge in [0.2, 0.25) is 0 Å². The molecule has 3 aliphatic carbocycles. The van der Waals surface area contributed by atoms with Crippen LogP contribution in [0.15, 0.2) is 47.5 Å². The molecule has 2 aromatic carbocycles. The third-order valence-electron chi connectivity index (χ3n) is 9.01. The summed E-state index contributed by atoms with van der Waals surface area (Å²) in [5.74, 6) is 3.25. The number of aliphatic imine (C=N–C) groups is 1. The predicted molar refractivity (Wildman–Crippen MR) is 126 cm³/mol. The van der Waals surface area contributed by atoms with E-state index >= 15 is 0 Å². The Hall–Kier alpha value is -2.73. The monoisotopic (exact) mass is 446 g/mol. The first kappa shape index (κ1) is 20.8. The first-order valence-electron chi connectivity index (χ1n) is 12.1. The van der Waals surface area contributed by atoms with Gasteiger partial charge in [0.15, 0.2) is 6.23 Å². The van der Waals surface area contributed by atoms with E-state index < -0.39 is 0 Å². The first-order chi connectivity index (χ1) is 16.0. The standard InChI is InChI=1S/C27H30N2O4/c1-27-12-11-22-21-10-8-20(32-2)13-17(21)5-9-23(22)24(27)14-18-15-28-26(33-25(18)27)16-3-6-19(7-4-16)29(30)31/h3-4,6-8,10,13,15,18,22-26H,5,9,11-12,14H2,1-2H3/t18-,22+,23+,24-,25+,26+,27-/m0/s1. The minimum Gasteiger partial charge on any atom is -0.497 e. The number of fused-ring (bicyclic) bond motifs is 7. The SMILES string of the molecule is COc1ccc2c(c1)CC[C@@H]1[C@@H]2CC[C@]2(C)[C@@H]3O[C@H](c4ccc([N+](=O)[O-])cc4)N=C[C@@H]3C[C@@H]12. The summed E-state index contributed by atoms with van der Waals surface area (Å²) in [6.45, 7) is 2.44. The summed E-state index contributed by atoms with van der Waals surface area (Å²) < 4.78 is 12.1. The molecule has 2 fully saturated rings. The second kappa shape index (κ2) is 7.66. The number of hydrogen-bond acceptors (Lipinski definition) is 5. The van der Waals surface area contributed by atoms with Gasteiger partial charge < -0.3 is 9.47 Å². The second-order valence-electron chi connectivity index (χ2n) is 10.5. The maximum atomic E-state index is 11.0. The van der Waals surface area contributed by atoms with Gasteiger partial charge in [0, 0.05) is 29.8 Å². The Labute approximate surface area is 194 Å². The Bertz CT molecular complexity index is 1110. The van der Waals surface area contributed by atoms with Gasteiger partial charge >= 0.3 is 0 Å². The smallest absolute Gasteiger partial charge is 0.269 e. The number of nitro groups is 1. The molecule has 1 aliphatic heterocycles. The highest BCUT2D eigenvalue weighted by Gasteiger charge is 2.59. The van der Waals surface area contributed by atoms with Crippen LogP contribution in [0.2, 0.25) is 0 Å². The van der Waals surface area contributed by atoms with Crippen LogP contribution >= 0.6 is 0 Å². The number of ether oxygens (including phenoxy) is 2. The van der Waals surface area contributed by atoms with Crippen LogP contribution < -0.4 is 4.74 Å². The number of nitrogens with zero attached hydrogens (tertiary/aromatic N) is 2. The fraction of sp³-hybridized carbons (Fsp3) is 0.519. The van der Waals surface area contributed by atoms with E-state index in [2.05, 4.69) is 31.3 Å². The van der Waals surface area contributed by atoms with Crippen molar-refractivity contribution in [3.8, 4) is 5.75 Å². The van der Waals surface area contributed by atoms with Crippen molar-refractivity contribution in [3.05, 3.63) is 69.3 Å². The summed E-state index contributed by atoms with van der Waals surface area (Å²) in [5, 5.41) is 11.0. The van der Waals surface area contributed by atoms with Crippen LogP contribution in [0.5, 0.6) is 5.75 Å². The molecule has 6 heteroatoms. The van der Waals surface area contributed by atoms with Crippen LogP contribution in [0.4, 0.5) is 5.69 Å². The topological polar surface area (TPSA) is 74.0 Å². The highest BCUT2D eigenvalue weighted by atomic mass is 16.6. The number of aryl methyl sites for hydroxylation is 1. The van der Waals surface area contributed by atoms with E-state index in [1.165, 1.54) is 24.0 Å². The molecule has 33 heavy (non-hydrogen) atoms. The van der Waals surface area contributed by atoms with Crippen LogP contribution in [0.1, 0.15) is 61.4 Å². The maximum absolute atomic E-state index is 11.0. The largest absolute Gasteiger partial charge is 0.497 e. The van der Waals surface area contributed by atoms with Crippen molar-refractivity contribution in [1.82, 2.24) is 0 Å². The molecule has 0 bridgehead atoms. The van der Waals surface area contributed by atoms with Gasteiger partial charge in [-0.2, -0.15) is 0 Å². The molecule has 6 rings (SSSR count). The molecule has 0 radical (unpaired) electrons. The molecule has 0 unspecified atom stereocenters. The zero-order chi connectivity index (χ0) is 22.7. The minimum absolute atomic E-state index is 0.0952. The van der Waals surface area contributed by atoms with Gasteiger partial charge in [0.25, 0.3) is 5.69 Å². The maximum Gasteiger partial charge on any atom is 0.269 e. The van der Waals surface area contributed by atoms with Crippen LogP contribution in [0.3, 0.4) is 0 Å². The van der Waals surface area contributed by atoms with Gasteiger partial charge in [-0.05, 0) is 90.7 Å². The van der Waals surface area contributed by atoms with E-state index in [0.29, 0.717) is 23.7 Å². The number of non-ortho nitro benzene ring substituents is 1. The van der Waals surface area contributed by atoms with Crippen molar-refractivity contribution in [2.24, 2.45) is 28.2 Å². The zero-order valence-corrected chi connectivity index (χ0v) is 19.1. The molecule has 4 aliphatic rings. The van der Waals surface area contributed by atoms with Gasteiger partial charge in [-0.3, -0.25) is 15.1 Å². The summed E-state index contributed by atoms with van der Waals surface area (Å²) in [4.78, 5) is 15.4. The van der Waals surface area contributed by atoms with Crippen molar-refractivity contribution in [2.45, 2.75) is 57.3 Å². The first-order valence-corrected chi connectivity index (χ1v) is 12.1. The van der Waals surface area contributed by atoms with Crippen molar-refractivity contribution < 1.29 is 14.4 Å². The molecule has 0 N–H and O–H groups in total. The van der Waals surface area contributed by atoms with E-state index in [0.717, 1.165) is 30.6 Å². The average molecular weight is 447 g/mol. The molecule has 1 heterocycles. The number of hydrogen-bond donors (Lipinski definition) is 0. The van der Waals surface area contributed by atoms with Crippen LogP contribution in [-0.2, 0) is 11.2 Å². The molecular weight excluding hydrogens is 416 g/mol. The molecule has 2 aromatic rings. The summed E-state index contributed by atoms with van der Waals surface area (Å²) in [5.41, 5.74) is 4.11. The summed E-state index contributed by atoms with van der Waals surface area (Å²) in [6, 6.07) is 13.3. The summed E-state index contributed by atoms with van der Waals surface area (Å²) in [6.07, 6.45) is 7.75. The van der Waals surface area contributed by atoms with Crippen molar-refractivity contribution >= 4 is 11.9 Å². The second-order valence-corrected chi connectivity index (χ2v) is 10.5. The van der Waals surface area contributed by atoms with E-state index in [1.807, 2.05) is 0 Å². The highest BCUT2D eigenvalue weighted by Crippen LogP contribution is 2.63. The van der Waals surface area contributed by atoms with Crippen LogP contribution in [-0.4, -0.2) is 24.4 Å². The Morgan fingerprint density at radius 3 is 2.76 bits per heavy atom. The lowest BCUT2D eigenvalue weighted by molar-refractivity contribution is -0.384. The van der Waals surface area contributed by atoms with Crippen molar-refractivity contribution in [1.29, 1.82) is 0 Å². The molecular formula is C27H30N2O4. The third-order valence-corrected chi connectivity index (χ3v) is 9.01. The molecule has 0 amide bonds. The number of benzene rings is 2. The Balaban J connectivity index is 1.25. The lowest BCUT2D eigenvalue weighted by Gasteiger charge is -2.51. The molecule has 0 spiro atoms. The fourth-order valence-electron chi connectivity index (χ4n) is 7.42. The Kier molecular flexibility index (Phi) is 4.84. The number of nitro benzene ring substituents is 1. The van der Waals surface area contributed by atoms with Crippen LogP contribution in [0, 0.1) is 33.3 Å². The Morgan fingerprint density at radius 2 is 2.00 bits per heavy atom. The predicted octanol–water partition coefficient (Wildman–Crippen LogP) is 5.85. The van der Waals surface area contributed by atoms with E-state index in [9.17, 15) is 10.1 Å². The number of methoxy groups -OCH3 is 1. The van der Waals surface area contributed by atoms with Crippen LogP contribution in [0.25, 0.3) is 0 Å². The van der Waals surface area contributed by atoms with Gasteiger partial charge in [0.05, 0.1) is 18.1 Å². The minimum atomic E-state index is -0.375. The molecule has 0 aromatic heterocycles. The molecule has 172 valence electrons. The zero-order valence-electron chi connectivity index (χ0n) is 19.1. The van der Waals surface area contributed by atoms with Crippen molar-refractivity contribution in [2.75, 3.05) is 7.11 Å². The molecule has 2 saturated carbocycles. The van der Waals surface area contributed by atoms with E-state index in [-0.39, 0.29) is 28.4 Å². The van der Waals surface area contributed by atoms with Gasteiger partial charge in [-0.1, -0.05) is 13.0 Å². The lowest BCUT2D eigenvalue weighted by atomic mass is 9.55. The molecule has 7 atom stereocenters. The fourth-order valence-corrected chi connectivity index (χ4v) is 7.42. The van der Waals surface area contributed by atoms with E-state index in [4.69, 9.17) is 14.5 Å². The van der Waals surface area contributed by atoms with Gasteiger partial charge in [-0.25, -0.2) is 0 Å². The molecule has 0 saturated heterocycles. The number of rotatable bonds is 3. The molecule has 6 nitrogen and oxygen atoms in total. The van der Waals surface area contributed by atoms with Gasteiger partial charge in [0.1, 0.15) is 5.75 Å². The van der Waals surface area contributed by atoms with E-state index in [1.54, 1.807) is 31.4 Å². The van der Waals surface area contributed by atoms with Gasteiger partial charge in [-0.15, -0.1) is 0 Å². The highest BCUT2D eigenvalue weighted by molar-refractivity contribution is 5.64. The Morgan fingerprint density at radius 1 is 1.18 bits per heavy atom.